The molecule has 7 heteroatoms. The van der Waals surface area contributed by atoms with Crippen molar-refractivity contribution >= 4 is 17.5 Å². The first-order chi connectivity index (χ1) is 15.9. The summed E-state index contributed by atoms with van der Waals surface area (Å²) in [5.74, 6) is 0.548. The summed E-state index contributed by atoms with van der Waals surface area (Å²) in [4.78, 5) is 27.2. The highest BCUT2D eigenvalue weighted by Gasteiger charge is 2.28. The van der Waals surface area contributed by atoms with Crippen LogP contribution in [0.3, 0.4) is 0 Å². The zero-order chi connectivity index (χ0) is 23.4. The van der Waals surface area contributed by atoms with E-state index in [1.807, 2.05) is 24.3 Å². The number of fused-ring (bicyclic) bond motifs is 1. The molecule has 1 aliphatic rings. The van der Waals surface area contributed by atoms with Crippen molar-refractivity contribution in [3.63, 3.8) is 0 Å². The second kappa shape index (κ2) is 9.73. The molecule has 0 saturated carbocycles. The number of amides is 2. The number of para-hydroxylation sites is 1. The fourth-order valence-electron chi connectivity index (χ4n) is 3.84. The lowest BCUT2D eigenvalue weighted by Gasteiger charge is -2.22. The summed E-state index contributed by atoms with van der Waals surface area (Å²) in [6, 6.07) is 18.4. The smallest absolute Gasteiger partial charge is 0.263 e. The SMILES string of the molecule is COc1ccccc1CCN1Cc2cc(NC(=O)c3ccc(F)cc3)ccc2O[C@@H](C)C1=O. The van der Waals surface area contributed by atoms with E-state index < -0.39 is 11.9 Å². The largest absolute Gasteiger partial charge is 0.496 e. The van der Waals surface area contributed by atoms with Crippen LogP contribution in [0.1, 0.15) is 28.4 Å². The van der Waals surface area contributed by atoms with E-state index in [0.717, 1.165) is 16.9 Å². The lowest BCUT2D eigenvalue weighted by Crippen LogP contribution is -2.39. The van der Waals surface area contributed by atoms with Gasteiger partial charge in [0.05, 0.1) is 7.11 Å². The van der Waals surface area contributed by atoms with Gasteiger partial charge in [0.25, 0.3) is 11.8 Å². The maximum Gasteiger partial charge on any atom is 0.263 e. The lowest BCUT2D eigenvalue weighted by molar-refractivity contribution is -0.137. The van der Waals surface area contributed by atoms with Gasteiger partial charge in [-0.1, -0.05) is 18.2 Å². The van der Waals surface area contributed by atoms with Crippen molar-refractivity contribution in [1.29, 1.82) is 0 Å². The van der Waals surface area contributed by atoms with Crippen molar-refractivity contribution < 1.29 is 23.5 Å². The van der Waals surface area contributed by atoms with Gasteiger partial charge >= 0.3 is 0 Å². The van der Waals surface area contributed by atoms with E-state index in [2.05, 4.69) is 5.32 Å². The zero-order valence-corrected chi connectivity index (χ0v) is 18.5. The summed E-state index contributed by atoms with van der Waals surface area (Å²) in [5, 5.41) is 2.82. The first-order valence-electron chi connectivity index (χ1n) is 10.7. The van der Waals surface area contributed by atoms with Crippen LogP contribution in [0.5, 0.6) is 11.5 Å². The molecule has 170 valence electrons. The second-order valence-electron chi connectivity index (χ2n) is 7.87. The molecule has 0 saturated heterocycles. The fourth-order valence-corrected chi connectivity index (χ4v) is 3.84. The van der Waals surface area contributed by atoms with Crippen LogP contribution in [0.4, 0.5) is 10.1 Å². The van der Waals surface area contributed by atoms with E-state index in [4.69, 9.17) is 9.47 Å². The van der Waals surface area contributed by atoms with E-state index in [9.17, 15) is 14.0 Å². The van der Waals surface area contributed by atoms with Crippen LogP contribution < -0.4 is 14.8 Å². The number of hydrogen-bond acceptors (Lipinski definition) is 4. The molecule has 0 aromatic heterocycles. The van der Waals surface area contributed by atoms with Crippen molar-refractivity contribution in [3.8, 4) is 11.5 Å². The molecule has 2 amide bonds. The average molecular weight is 448 g/mol. The van der Waals surface area contributed by atoms with Gasteiger partial charge in [0.15, 0.2) is 6.10 Å². The number of ether oxygens (including phenoxy) is 2. The molecule has 6 nitrogen and oxygen atoms in total. The minimum atomic E-state index is -0.622. The predicted octanol–water partition coefficient (Wildman–Crippen LogP) is 4.44. The Bertz CT molecular complexity index is 1160. The van der Waals surface area contributed by atoms with Gasteiger partial charge in [0.1, 0.15) is 17.3 Å². The number of halogens is 1. The first kappa shape index (κ1) is 22.3. The number of nitrogens with zero attached hydrogens (tertiary/aromatic N) is 1. The number of carbonyl (C=O) groups excluding carboxylic acids is 2. The van der Waals surface area contributed by atoms with Crippen LogP contribution in [-0.2, 0) is 17.8 Å². The van der Waals surface area contributed by atoms with Gasteiger partial charge in [0.2, 0.25) is 0 Å². The molecule has 3 aromatic carbocycles. The Kier molecular flexibility index (Phi) is 6.58. The van der Waals surface area contributed by atoms with E-state index in [1.54, 1.807) is 37.1 Å². The molecule has 1 atom stereocenters. The molecule has 0 bridgehead atoms. The first-order valence-corrected chi connectivity index (χ1v) is 10.7. The molecule has 3 aromatic rings. The maximum atomic E-state index is 13.1. The van der Waals surface area contributed by atoms with E-state index in [0.29, 0.717) is 36.5 Å². The summed E-state index contributed by atoms with van der Waals surface area (Å²) in [7, 11) is 1.63. The normalized spacial score (nSPS) is 15.3. The van der Waals surface area contributed by atoms with Crippen molar-refractivity contribution in [2.75, 3.05) is 19.0 Å². The summed E-state index contributed by atoms with van der Waals surface area (Å²) in [5.41, 5.74) is 2.74. The number of methoxy groups -OCH3 is 1. The van der Waals surface area contributed by atoms with E-state index in [1.165, 1.54) is 24.3 Å². The third-order valence-electron chi connectivity index (χ3n) is 5.59. The molecule has 1 aliphatic heterocycles. The van der Waals surface area contributed by atoms with Crippen LogP contribution in [0.15, 0.2) is 66.7 Å². The molecule has 0 aliphatic carbocycles. The van der Waals surface area contributed by atoms with Crippen molar-refractivity contribution in [1.82, 2.24) is 4.90 Å². The van der Waals surface area contributed by atoms with Crippen LogP contribution in [0.25, 0.3) is 0 Å². The molecule has 0 fully saturated rings. The molecule has 1 heterocycles. The molecule has 0 radical (unpaired) electrons. The van der Waals surface area contributed by atoms with Crippen LogP contribution in [0.2, 0.25) is 0 Å². The molecule has 0 unspecified atom stereocenters. The highest BCUT2D eigenvalue weighted by molar-refractivity contribution is 6.04. The van der Waals surface area contributed by atoms with Crippen LogP contribution >= 0.6 is 0 Å². The Morgan fingerprint density at radius 1 is 1.15 bits per heavy atom. The summed E-state index contributed by atoms with van der Waals surface area (Å²) in [6.07, 6.45) is 0.0160. The Hall–Kier alpha value is -3.87. The molecule has 0 spiro atoms. The third kappa shape index (κ3) is 5.14. The Balaban J connectivity index is 1.51. The topological polar surface area (TPSA) is 67.9 Å². The Morgan fingerprint density at radius 2 is 1.91 bits per heavy atom. The van der Waals surface area contributed by atoms with Crippen molar-refractivity contribution in [2.24, 2.45) is 0 Å². The molecule has 1 N–H and O–H groups in total. The summed E-state index contributed by atoms with van der Waals surface area (Å²) < 4.78 is 24.4. The highest BCUT2D eigenvalue weighted by Crippen LogP contribution is 2.29. The van der Waals surface area contributed by atoms with Crippen LogP contribution in [-0.4, -0.2) is 36.5 Å². The molecular formula is C26H25FN2O4. The number of benzene rings is 3. The quantitative estimate of drug-likeness (QED) is 0.606. The predicted molar refractivity (Wildman–Crippen MR) is 123 cm³/mol. The third-order valence-corrected chi connectivity index (χ3v) is 5.59. The maximum absolute atomic E-state index is 13.1. The molecule has 4 rings (SSSR count). The van der Waals surface area contributed by atoms with Gasteiger partial charge in [0, 0.05) is 29.9 Å². The summed E-state index contributed by atoms with van der Waals surface area (Å²) >= 11 is 0. The number of nitrogens with one attached hydrogen (secondary N) is 1. The van der Waals surface area contributed by atoms with Crippen LogP contribution in [0, 0.1) is 5.82 Å². The molecular weight excluding hydrogens is 423 g/mol. The average Bonchev–Trinajstić information content (AvgIpc) is 2.94. The van der Waals surface area contributed by atoms with Gasteiger partial charge in [-0.3, -0.25) is 9.59 Å². The highest BCUT2D eigenvalue weighted by atomic mass is 19.1. The second-order valence-corrected chi connectivity index (χ2v) is 7.87. The van der Waals surface area contributed by atoms with E-state index in [-0.39, 0.29) is 11.8 Å². The number of anilines is 1. The summed E-state index contributed by atoms with van der Waals surface area (Å²) in [6.45, 7) is 2.59. The number of rotatable bonds is 6. The minimum absolute atomic E-state index is 0.0991. The lowest BCUT2D eigenvalue weighted by atomic mass is 10.1. The van der Waals surface area contributed by atoms with E-state index >= 15 is 0 Å². The van der Waals surface area contributed by atoms with Gasteiger partial charge < -0.3 is 19.7 Å². The monoisotopic (exact) mass is 448 g/mol. The van der Waals surface area contributed by atoms with Gasteiger partial charge in [-0.05, 0) is 67.4 Å². The Labute approximate surface area is 191 Å². The Morgan fingerprint density at radius 3 is 2.67 bits per heavy atom. The fraction of sp³-hybridized carbons (Fsp3) is 0.231. The number of carbonyl (C=O) groups is 2. The molecule has 33 heavy (non-hydrogen) atoms. The van der Waals surface area contributed by atoms with Gasteiger partial charge in [-0.2, -0.15) is 0 Å². The van der Waals surface area contributed by atoms with Gasteiger partial charge in [-0.15, -0.1) is 0 Å². The van der Waals surface area contributed by atoms with Gasteiger partial charge in [-0.25, -0.2) is 4.39 Å². The number of hydrogen-bond donors (Lipinski definition) is 1. The zero-order valence-electron chi connectivity index (χ0n) is 18.5. The van der Waals surface area contributed by atoms with Crippen molar-refractivity contribution in [2.45, 2.75) is 26.0 Å². The van der Waals surface area contributed by atoms with Crippen molar-refractivity contribution in [3.05, 3.63) is 89.2 Å². The minimum Gasteiger partial charge on any atom is -0.496 e. The standard InChI is InChI=1S/C26H25FN2O4/c1-17-26(31)29(14-13-18-5-3-4-6-23(18)32-2)16-20-15-22(11-12-24(20)33-17)28-25(30)19-7-9-21(27)10-8-19/h3-12,15,17H,13-14,16H2,1-2H3,(H,28,30)/t17-/m0/s1.